The maximum Gasteiger partial charge on any atom is 0.317 e. The second kappa shape index (κ2) is 9.64. The molecule has 0 saturated heterocycles. The molecule has 0 spiro atoms. The summed E-state index contributed by atoms with van der Waals surface area (Å²) in [7, 11) is 0. The van der Waals surface area contributed by atoms with Crippen LogP contribution in [-0.2, 0) is 16.0 Å². The summed E-state index contributed by atoms with van der Waals surface area (Å²) in [6.45, 7) is 6.31. The molecule has 0 aromatic carbocycles. The molecular formula is C24H26N6O2. The smallest absolute Gasteiger partial charge is 0.317 e. The second-order valence-electron chi connectivity index (χ2n) is 7.68. The number of ether oxygens (including phenoxy) is 1. The highest BCUT2D eigenvalue weighted by Crippen LogP contribution is 2.29. The third-order valence-electron chi connectivity index (χ3n) is 5.53. The van der Waals surface area contributed by atoms with Gasteiger partial charge in [-0.15, -0.1) is 10.2 Å². The van der Waals surface area contributed by atoms with E-state index >= 15 is 0 Å². The fourth-order valence-electron chi connectivity index (χ4n) is 3.63. The van der Waals surface area contributed by atoms with Gasteiger partial charge in [0.05, 0.1) is 18.0 Å². The molecule has 8 nitrogen and oxygen atoms in total. The van der Waals surface area contributed by atoms with Gasteiger partial charge in [0.25, 0.3) is 0 Å². The van der Waals surface area contributed by atoms with Gasteiger partial charge in [0.15, 0.2) is 11.5 Å². The standard InChI is InChI=1S/C24H26N6O2/c1-4-16(3)21-23-29-28-22(30(23)15-20(27-21)18-9-7-11-26-14-18)19(24(31)32-5-2)12-17-8-6-10-25-13-17/h6-11,13-16,19H,4-5,12H2,1-3H3. The number of carbonyl (C=O) groups excluding carboxylic acids is 1. The molecule has 0 aliphatic rings. The molecule has 0 N–H and O–H groups in total. The zero-order chi connectivity index (χ0) is 22.5. The summed E-state index contributed by atoms with van der Waals surface area (Å²) < 4.78 is 7.28. The highest BCUT2D eigenvalue weighted by molar-refractivity contribution is 5.78. The van der Waals surface area contributed by atoms with E-state index in [0.29, 0.717) is 24.5 Å². The van der Waals surface area contributed by atoms with Crippen LogP contribution in [0.15, 0.2) is 55.2 Å². The lowest BCUT2D eigenvalue weighted by Gasteiger charge is -2.16. The number of carbonyl (C=O) groups is 1. The number of rotatable bonds is 8. The van der Waals surface area contributed by atoms with E-state index in [1.165, 1.54) is 0 Å². The first-order chi connectivity index (χ1) is 15.6. The summed E-state index contributed by atoms with van der Waals surface area (Å²) in [5.74, 6) is -0.261. The lowest BCUT2D eigenvalue weighted by molar-refractivity contribution is -0.145. The van der Waals surface area contributed by atoms with Crippen molar-refractivity contribution in [1.82, 2.24) is 29.5 Å². The zero-order valence-electron chi connectivity index (χ0n) is 18.5. The van der Waals surface area contributed by atoms with E-state index in [1.54, 1.807) is 31.7 Å². The Labute approximate surface area is 186 Å². The molecule has 0 bridgehead atoms. The minimum atomic E-state index is -0.622. The Kier molecular flexibility index (Phi) is 6.49. The Bertz CT molecular complexity index is 1190. The van der Waals surface area contributed by atoms with Crippen LogP contribution in [0.4, 0.5) is 0 Å². The highest BCUT2D eigenvalue weighted by Gasteiger charge is 2.29. The molecule has 164 valence electrons. The highest BCUT2D eigenvalue weighted by atomic mass is 16.5. The van der Waals surface area contributed by atoms with Gasteiger partial charge < -0.3 is 4.74 Å². The molecule has 32 heavy (non-hydrogen) atoms. The summed E-state index contributed by atoms with van der Waals surface area (Å²) in [4.78, 5) is 26.3. The fraction of sp³-hybridized carbons (Fsp3) is 0.333. The summed E-state index contributed by atoms with van der Waals surface area (Å²) in [6, 6.07) is 7.63. The monoisotopic (exact) mass is 430 g/mol. The molecule has 2 unspecified atom stereocenters. The van der Waals surface area contributed by atoms with Crippen LogP contribution < -0.4 is 0 Å². The number of aromatic nitrogens is 6. The van der Waals surface area contributed by atoms with Crippen LogP contribution in [0.5, 0.6) is 0 Å². The summed E-state index contributed by atoms with van der Waals surface area (Å²) in [5.41, 5.74) is 4.06. The van der Waals surface area contributed by atoms with Gasteiger partial charge in [-0.1, -0.05) is 19.9 Å². The number of pyridine rings is 2. The van der Waals surface area contributed by atoms with Crippen LogP contribution in [0.3, 0.4) is 0 Å². The lowest BCUT2D eigenvalue weighted by Crippen LogP contribution is -2.21. The summed E-state index contributed by atoms with van der Waals surface area (Å²) in [5, 5.41) is 8.88. The number of hydrogen-bond acceptors (Lipinski definition) is 7. The topological polar surface area (TPSA) is 95.2 Å². The third-order valence-corrected chi connectivity index (χ3v) is 5.53. The van der Waals surface area contributed by atoms with Crippen molar-refractivity contribution in [2.75, 3.05) is 6.61 Å². The van der Waals surface area contributed by atoms with Crippen molar-refractivity contribution in [1.29, 1.82) is 0 Å². The van der Waals surface area contributed by atoms with E-state index in [0.717, 1.165) is 28.9 Å². The van der Waals surface area contributed by atoms with Crippen LogP contribution in [0.2, 0.25) is 0 Å². The van der Waals surface area contributed by atoms with Crippen molar-refractivity contribution >= 4 is 11.6 Å². The zero-order valence-corrected chi connectivity index (χ0v) is 18.5. The minimum absolute atomic E-state index is 0.172. The van der Waals surface area contributed by atoms with Crippen molar-refractivity contribution in [3.8, 4) is 11.3 Å². The van der Waals surface area contributed by atoms with Gasteiger partial charge in [0.1, 0.15) is 5.92 Å². The lowest BCUT2D eigenvalue weighted by atomic mass is 9.99. The van der Waals surface area contributed by atoms with Crippen molar-refractivity contribution in [3.63, 3.8) is 0 Å². The Morgan fingerprint density at radius 3 is 2.53 bits per heavy atom. The van der Waals surface area contributed by atoms with E-state index in [4.69, 9.17) is 9.72 Å². The average molecular weight is 431 g/mol. The first kappa shape index (κ1) is 21.5. The average Bonchev–Trinajstić information content (AvgIpc) is 3.26. The van der Waals surface area contributed by atoms with E-state index in [2.05, 4.69) is 34.0 Å². The van der Waals surface area contributed by atoms with E-state index in [9.17, 15) is 4.79 Å². The molecule has 4 rings (SSSR count). The molecule has 0 saturated carbocycles. The van der Waals surface area contributed by atoms with Crippen molar-refractivity contribution in [3.05, 3.63) is 72.3 Å². The molecule has 0 radical (unpaired) electrons. The van der Waals surface area contributed by atoms with Crippen LogP contribution in [0.25, 0.3) is 16.9 Å². The van der Waals surface area contributed by atoms with Gasteiger partial charge in [0.2, 0.25) is 0 Å². The van der Waals surface area contributed by atoms with Gasteiger partial charge in [0, 0.05) is 42.5 Å². The van der Waals surface area contributed by atoms with Gasteiger partial charge in [-0.25, -0.2) is 4.98 Å². The first-order valence-corrected chi connectivity index (χ1v) is 10.8. The number of fused-ring (bicyclic) bond motifs is 1. The van der Waals surface area contributed by atoms with E-state index in [1.807, 2.05) is 34.9 Å². The quantitative estimate of drug-likeness (QED) is 0.390. The minimum Gasteiger partial charge on any atom is -0.465 e. The SMILES string of the molecule is CCOC(=O)C(Cc1cccnc1)c1nnc2c(C(C)CC)nc(-c3cccnc3)cn12. The normalized spacial score (nSPS) is 13.1. The van der Waals surface area contributed by atoms with Crippen molar-refractivity contribution < 1.29 is 9.53 Å². The van der Waals surface area contributed by atoms with Crippen LogP contribution in [0.1, 0.15) is 56.1 Å². The maximum atomic E-state index is 13.0. The molecule has 0 amide bonds. The number of hydrogen-bond donors (Lipinski definition) is 0. The van der Waals surface area contributed by atoms with Crippen LogP contribution >= 0.6 is 0 Å². The first-order valence-electron chi connectivity index (χ1n) is 10.8. The Balaban J connectivity index is 1.88. The molecule has 8 heteroatoms. The van der Waals surface area contributed by atoms with E-state index in [-0.39, 0.29) is 11.9 Å². The van der Waals surface area contributed by atoms with Crippen LogP contribution in [-0.4, -0.2) is 42.1 Å². The maximum absolute atomic E-state index is 13.0. The molecule has 0 aliphatic carbocycles. The summed E-state index contributed by atoms with van der Waals surface area (Å²) >= 11 is 0. The number of esters is 1. The Morgan fingerprint density at radius 1 is 1.09 bits per heavy atom. The van der Waals surface area contributed by atoms with E-state index < -0.39 is 5.92 Å². The van der Waals surface area contributed by atoms with Gasteiger partial charge in [-0.3, -0.25) is 19.2 Å². The van der Waals surface area contributed by atoms with Gasteiger partial charge in [-0.05, 0) is 43.5 Å². The predicted octanol–water partition coefficient (Wildman–Crippen LogP) is 3.98. The molecule has 4 heterocycles. The van der Waals surface area contributed by atoms with Gasteiger partial charge in [-0.2, -0.15) is 0 Å². The molecule has 4 aromatic rings. The molecule has 0 aliphatic heterocycles. The Hall–Kier alpha value is -3.68. The molecule has 2 atom stereocenters. The molecule has 0 fully saturated rings. The van der Waals surface area contributed by atoms with Crippen LogP contribution in [0, 0.1) is 0 Å². The third kappa shape index (κ3) is 4.34. The fourth-order valence-corrected chi connectivity index (χ4v) is 3.63. The number of nitrogens with zero attached hydrogens (tertiary/aromatic N) is 6. The second-order valence-corrected chi connectivity index (χ2v) is 7.68. The van der Waals surface area contributed by atoms with Gasteiger partial charge >= 0.3 is 5.97 Å². The predicted molar refractivity (Wildman–Crippen MR) is 120 cm³/mol. The van der Waals surface area contributed by atoms with Crippen molar-refractivity contribution in [2.24, 2.45) is 0 Å². The summed E-state index contributed by atoms with van der Waals surface area (Å²) in [6.07, 6.45) is 10.2. The largest absolute Gasteiger partial charge is 0.465 e. The molecular weight excluding hydrogens is 404 g/mol. The van der Waals surface area contributed by atoms with Crippen molar-refractivity contribution in [2.45, 2.75) is 45.4 Å². The Morgan fingerprint density at radius 2 is 1.88 bits per heavy atom. The molecule has 4 aromatic heterocycles.